The lowest BCUT2D eigenvalue weighted by molar-refractivity contribution is -0.888. The number of fused-ring (bicyclic) bond motifs is 1. The molecule has 2 aromatic rings. The van der Waals surface area contributed by atoms with Crippen molar-refractivity contribution in [1.82, 2.24) is 0 Å². The number of nitrogens with one attached hydrogen (secondary N) is 1. The molecule has 0 amide bonds. The number of hydrogen-bond acceptors (Lipinski definition) is 3. The van der Waals surface area contributed by atoms with E-state index in [2.05, 4.69) is 30.3 Å². The van der Waals surface area contributed by atoms with Crippen molar-refractivity contribution in [3.8, 4) is 11.5 Å². The van der Waals surface area contributed by atoms with Gasteiger partial charge in [0.25, 0.3) is 0 Å². The molecule has 0 saturated carbocycles. The Bertz CT molecular complexity index is 759. The fourth-order valence-electron chi connectivity index (χ4n) is 4.03. The summed E-state index contributed by atoms with van der Waals surface area (Å²) in [5, 5.41) is 0. The van der Waals surface area contributed by atoms with Crippen molar-refractivity contribution in [2.24, 2.45) is 0 Å². The number of Topliss-reactive ketones (excluding diaryl/α,β-unsaturated/α-hetero) is 1. The first kappa shape index (κ1) is 17.1. The highest BCUT2D eigenvalue weighted by Crippen LogP contribution is 2.31. The Hall–Kier alpha value is -2.33. The van der Waals surface area contributed by atoms with Gasteiger partial charge in [-0.05, 0) is 23.8 Å². The number of rotatable bonds is 6. The molecule has 0 aromatic heterocycles. The molecule has 1 unspecified atom stereocenters. The highest BCUT2D eigenvalue weighted by molar-refractivity contribution is 5.96. The molecule has 0 bridgehead atoms. The van der Waals surface area contributed by atoms with Crippen LogP contribution in [0.2, 0.25) is 0 Å². The second-order valence-electron chi connectivity index (χ2n) is 7.24. The summed E-state index contributed by atoms with van der Waals surface area (Å²) in [7, 11) is 0. The monoisotopic (exact) mass is 352 g/mol. The molecular formula is C22H26NO3+. The van der Waals surface area contributed by atoms with E-state index in [0.717, 1.165) is 24.3 Å². The second-order valence-corrected chi connectivity index (χ2v) is 7.24. The zero-order valence-corrected chi connectivity index (χ0v) is 15.1. The van der Waals surface area contributed by atoms with Crippen molar-refractivity contribution in [2.45, 2.75) is 25.2 Å². The lowest BCUT2D eigenvalue weighted by atomic mass is 9.99. The minimum atomic E-state index is 0.195. The fraction of sp³-hybridized carbons (Fsp3) is 0.409. The SMILES string of the molecule is O=C(CCC[NH+]1CC[C@H](c2ccccc2)C1)c1ccc2c(c1)OCCO2. The van der Waals surface area contributed by atoms with Crippen LogP contribution in [0, 0.1) is 0 Å². The summed E-state index contributed by atoms with van der Waals surface area (Å²) in [6.07, 6.45) is 2.78. The van der Waals surface area contributed by atoms with Crippen LogP contribution >= 0.6 is 0 Å². The van der Waals surface area contributed by atoms with Gasteiger partial charge in [0, 0.05) is 30.7 Å². The maximum atomic E-state index is 12.5. The number of hydrogen-bond donors (Lipinski definition) is 1. The van der Waals surface area contributed by atoms with E-state index in [4.69, 9.17) is 9.47 Å². The molecule has 136 valence electrons. The molecule has 2 heterocycles. The first-order chi connectivity index (χ1) is 12.8. The molecule has 4 rings (SSSR count). The molecule has 4 heteroatoms. The topological polar surface area (TPSA) is 40.0 Å². The number of carbonyl (C=O) groups is 1. The van der Waals surface area contributed by atoms with Gasteiger partial charge in [-0.2, -0.15) is 0 Å². The van der Waals surface area contributed by atoms with Gasteiger partial charge in [-0.25, -0.2) is 0 Å². The maximum Gasteiger partial charge on any atom is 0.163 e. The minimum absolute atomic E-state index is 0.195. The number of likely N-dealkylation sites (tertiary alicyclic amines) is 1. The van der Waals surface area contributed by atoms with Gasteiger partial charge >= 0.3 is 0 Å². The Morgan fingerprint density at radius 2 is 1.85 bits per heavy atom. The molecule has 2 atom stereocenters. The van der Waals surface area contributed by atoms with Crippen LogP contribution in [0.3, 0.4) is 0 Å². The van der Waals surface area contributed by atoms with Crippen molar-refractivity contribution in [1.29, 1.82) is 0 Å². The Labute approximate surface area is 154 Å². The van der Waals surface area contributed by atoms with Crippen molar-refractivity contribution in [3.05, 3.63) is 59.7 Å². The average molecular weight is 352 g/mol. The molecule has 2 aromatic carbocycles. The summed E-state index contributed by atoms with van der Waals surface area (Å²) in [5.41, 5.74) is 2.18. The number of carbonyl (C=O) groups excluding carboxylic acids is 1. The van der Waals surface area contributed by atoms with Crippen LogP contribution < -0.4 is 14.4 Å². The molecular weight excluding hydrogens is 326 g/mol. The van der Waals surface area contributed by atoms with Crippen molar-refractivity contribution in [2.75, 3.05) is 32.8 Å². The predicted molar refractivity (Wildman–Crippen MR) is 100 cm³/mol. The summed E-state index contributed by atoms with van der Waals surface area (Å²) in [6.45, 7) is 4.58. The molecule has 1 N–H and O–H groups in total. The van der Waals surface area contributed by atoms with Gasteiger partial charge in [-0.1, -0.05) is 30.3 Å². The third-order valence-electron chi connectivity index (χ3n) is 5.45. The molecule has 0 spiro atoms. The van der Waals surface area contributed by atoms with Gasteiger partial charge in [0.1, 0.15) is 13.2 Å². The quantitative estimate of drug-likeness (QED) is 0.812. The van der Waals surface area contributed by atoms with E-state index in [9.17, 15) is 4.79 Å². The van der Waals surface area contributed by atoms with Gasteiger partial charge in [-0.3, -0.25) is 4.79 Å². The highest BCUT2D eigenvalue weighted by atomic mass is 16.6. The Balaban J connectivity index is 1.25. The molecule has 2 aliphatic rings. The van der Waals surface area contributed by atoms with Crippen LogP contribution in [0.4, 0.5) is 0 Å². The molecule has 1 saturated heterocycles. The van der Waals surface area contributed by atoms with Crippen LogP contribution in [0.1, 0.15) is 41.1 Å². The normalized spacial score (nSPS) is 21.5. The zero-order valence-electron chi connectivity index (χ0n) is 15.1. The Morgan fingerprint density at radius 1 is 1.04 bits per heavy atom. The standard InChI is InChI=1S/C22H25NO3/c24-20(18-8-9-21-22(15-18)26-14-13-25-21)7-4-11-23-12-10-19(16-23)17-5-2-1-3-6-17/h1-3,5-6,8-9,15,19H,4,7,10-14,16H2/p+1/t19-/m0/s1. The van der Waals surface area contributed by atoms with E-state index in [1.54, 1.807) is 4.90 Å². The third kappa shape index (κ3) is 3.91. The lowest BCUT2D eigenvalue weighted by Crippen LogP contribution is -3.10. The van der Waals surface area contributed by atoms with E-state index in [0.29, 0.717) is 31.3 Å². The van der Waals surface area contributed by atoms with Crippen LogP contribution in [-0.2, 0) is 0 Å². The van der Waals surface area contributed by atoms with Crippen molar-refractivity contribution < 1.29 is 19.2 Å². The Morgan fingerprint density at radius 3 is 2.69 bits per heavy atom. The summed E-state index contributed by atoms with van der Waals surface area (Å²) in [4.78, 5) is 14.1. The predicted octanol–water partition coefficient (Wildman–Crippen LogP) is 2.49. The van der Waals surface area contributed by atoms with Crippen LogP contribution in [0.25, 0.3) is 0 Å². The molecule has 26 heavy (non-hydrogen) atoms. The van der Waals surface area contributed by atoms with Crippen LogP contribution in [0.15, 0.2) is 48.5 Å². The molecule has 2 aliphatic heterocycles. The Kier molecular flexibility index (Phi) is 5.21. The summed E-state index contributed by atoms with van der Waals surface area (Å²) in [5.74, 6) is 2.29. The van der Waals surface area contributed by atoms with E-state index in [-0.39, 0.29) is 5.78 Å². The maximum absolute atomic E-state index is 12.5. The van der Waals surface area contributed by atoms with Gasteiger partial charge in [0.05, 0.1) is 19.6 Å². The van der Waals surface area contributed by atoms with Crippen LogP contribution in [-0.4, -0.2) is 38.6 Å². The summed E-state index contributed by atoms with van der Waals surface area (Å²) >= 11 is 0. The lowest BCUT2D eigenvalue weighted by Gasteiger charge is -2.18. The first-order valence-corrected chi connectivity index (χ1v) is 9.61. The highest BCUT2D eigenvalue weighted by Gasteiger charge is 2.27. The van der Waals surface area contributed by atoms with Gasteiger partial charge < -0.3 is 14.4 Å². The van der Waals surface area contributed by atoms with Gasteiger partial charge in [0.2, 0.25) is 0 Å². The van der Waals surface area contributed by atoms with E-state index < -0.39 is 0 Å². The number of ether oxygens (including phenoxy) is 2. The molecule has 1 fully saturated rings. The van der Waals surface area contributed by atoms with E-state index >= 15 is 0 Å². The number of quaternary nitrogens is 1. The number of ketones is 1. The molecule has 0 aliphatic carbocycles. The second kappa shape index (κ2) is 7.92. The van der Waals surface area contributed by atoms with Gasteiger partial charge in [-0.15, -0.1) is 0 Å². The van der Waals surface area contributed by atoms with Crippen LogP contribution in [0.5, 0.6) is 11.5 Å². The molecule has 0 radical (unpaired) electrons. The number of benzene rings is 2. The van der Waals surface area contributed by atoms with E-state index in [1.165, 1.54) is 25.1 Å². The molecule has 4 nitrogen and oxygen atoms in total. The van der Waals surface area contributed by atoms with Crippen molar-refractivity contribution in [3.63, 3.8) is 0 Å². The fourth-order valence-corrected chi connectivity index (χ4v) is 4.03. The van der Waals surface area contributed by atoms with Gasteiger partial charge in [0.15, 0.2) is 17.3 Å². The summed E-state index contributed by atoms with van der Waals surface area (Å²) < 4.78 is 11.1. The smallest absolute Gasteiger partial charge is 0.163 e. The third-order valence-corrected chi connectivity index (χ3v) is 5.45. The first-order valence-electron chi connectivity index (χ1n) is 9.61. The van der Waals surface area contributed by atoms with Crippen molar-refractivity contribution >= 4 is 5.78 Å². The minimum Gasteiger partial charge on any atom is -0.486 e. The zero-order chi connectivity index (χ0) is 17.8. The average Bonchev–Trinajstić information content (AvgIpc) is 3.17. The van der Waals surface area contributed by atoms with E-state index in [1.807, 2.05) is 18.2 Å². The largest absolute Gasteiger partial charge is 0.486 e. The summed E-state index contributed by atoms with van der Waals surface area (Å²) in [6, 6.07) is 16.3.